The van der Waals surface area contributed by atoms with Gasteiger partial charge in [-0.1, -0.05) is 71.4 Å². The standard InChI is InChI=1S/C39H67N5O8/c1-13-25(4)33(43(10)36(47)32(24(2)3)41-38(50)39(6,7)42(8)9)30(51-11)23-31(45)44-21-17-20-29(44)34(52-12)26(5)35(46)40-28(37(48)49)22-27-18-15-14-16-19-27/h14-16,18-19,24-26,28-30,32-34,37,48-49H,13,17,20-23H2,1-12H3,(H,40,46)(H,41,50)/t25?,26-,28+,29+,30?,32+,33+,34-/m1/s1. The van der Waals surface area contributed by atoms with Gasteiger partial charge in [-0.3, -0.25) is 24.1 Å². The number of benzene rings is 1. The first-order chi connectivity index (χ1) is 24.3. The van der Waals surface area contributed by atoms with E-state index in [1.807, 2.05) is 72.1 Å². The van der Waals surface area contributed by atoms with Crippen molar-refractivity contribution < 1.29 is 38.9 Å². The van der Waals surface area contributed by atoms with Gasteiger partial charge in [-0.2, -0.15) is 0 Å². The van der Waals surface area contributed by atoms with Crippen LogP contribution in [-0.2, 0) is 35.1 Å². The Morgan fingerprint density at radius 3 is 2.10 bits per heavy atom. The summed E-state index contributed by atoms with van der Waals surface area (Å²) in [6, 6.07) is 6.67. The fourth-order valence-corrected chi connectivity index (χ4v) is 6.97. The van der Waals surface area contributed by atoms with Crippen LogP contribution in [0, 0.1) is 17.8 Å². The highest BCUT2D eigenvalue weighted by Gasteiger charge is 2.43. The van der Waals surface area contributed by atoms with Crippen LogP contribution in [0.25, 0.3) is 0 Å². The van der Waals surface area contributed by atoms with Crippen LogP contribution in [0.15, 0.2) is 30.3 Å². The third kappa shape index (κ3) is 11.4. The summed E-state index contributed by atoms with van der Waals surface area (Å²) in [5.74, 6) is -2.04. The van der Waals surface area contributed by atoms with Crippen molar-refractivity contribution in [2.45, 2.75) is 129 Å². The molecule has 0 aliphatic carbocycles. The predicted octanol–water partition coefficient (Wildman–Crippen LogP) is 2.43. The van der Waals surface area contributed by atoms with Gasteiger partial charge in [0.15, 0.2) is 6.29 Å². The van der Waals surface area contributed by atoms with Gasteiger partial charge >= 0.3 is 0 Å². The number of nitrogens with zero attached hydrogens (tertiary/aromatic N) is 3. The summed E-state index contributed by atoms with van der Waals surface area (Å²) in [7, 11) is 8.40. The Labute approximate surface area is 311 Å². The molecule has 0 aromatic heterocycles. The van der Waals surface area contributed by atoms with E-state index in [1.165, 1.54) is 7.11 Å². The van der Waals surface area contributed by atoms with Gasteiger partial charge in [0.2, 0.25) is 23.6 Å². The van der Waals surface area contributed by atoms with E-state index in [1.54, 1.807) is 49.6 Å². The second kappa shape index (κ2) is 20.4. The Bertz CT molecular complexity index is 1290. The zero-order valence-electron chi connectivity index (χ0n) is 33.6. The largest absolute Gasteiger partial charge is 0.379 e. The maximum Gasteiger partial charge on any atom is 0.245 e. The van der Waals surface area contributed by atoms with Crippen LogP contribution in [0.1, 0.15) is 79.7 Å². The number of carbonyl (C=O) groups is 4. The maximum atomic E-state index is 14.1. The van der Waals surface area contributed by atoms with Crippen LogP contribution in [-0.4, -0.2) is 139 Å². The van der Waals surface area contributed by atoms with E-state index < -0.39 is 60.0 Å². The minimum absolute atomic E-state index is 0.00113. The van der Waals surface area contributed by atoms with Gasteiger partial charge in [0.25, 0.3) is 0 Å². The highest BCUT2D eigenvalue weighted by atomic mass is 16.5. The normalized spacial score (nSPS) is 19.2. The Hall–Kier alpha value is -3.10. The van der Waals surface area contributed by atoms with Gasteiger partial charge < -0.3 is 40.1 Å². The number of methoxy groups -OCH3 is 2. The molecule has 2 unspecified atom stereocenters. The smallest absolute Gasteiger partial charge is 0.245 e. The topological polar surface area (TPSA) is 161 Å². The van der Waals surface area contributed by atoms with Crippen molar-refractivity contribution >= 4 is 23.6 Å². The average Bonchev–Trinajstić information content (AvgIpc) is 3.59. The first-order valence-electron chi connectivity index (χ1n) is 18.6. The minimum Gasteiger partial charge on any atom is -0.379 e. The molecule has 1 heterocycles. The summed E-state index contributed by atoms with van der Waals surface area (Å²) in [6.07, 6.45) is -0.771. The predicted molar refractivity (Wildman–Crippen MR) is 201 cm³/mol. The number of hydrogen-bond donors (Lipinski definition) is 4. The SMILES string of the molecule is CCC(C)[C@@H](C(CC(=O)N1CCC[C@H]1[C@H](OC)[C@@H](C)C(=O)N[C@@H](Cc1ccccc1)C(O)O)OC)N(C)C(=O)[C@@H](NC(=O)C(C)(C)N(C)C)C(C)C. The second-order valence-electron chi connectivity index (χ2n) is 15.5. The van der Waals surface area contributed by atoms with E-state index in [2.05, 4.69) is 10.6 Å². The van der Waals surface area contributed by atoms with Crippen molar-refractivity contribution in [1.29, 1.82) is 0 Å². The number of likely N-dealkylation sites (N-methyl/N-ethyl adjacent to an activating group) is 2. The zero-order chi connectivity index (χ0) is 39.5. The molecule has 296 valence electrons. The van der Waals surface area contributed by atoms with Crippen molar-refractivity contribution in [3.05, 3.63) is 35.9 Å². The molecule has 1 saturated heterocycles. The quantitative estimate of drug-likeness (QED) is 0.148. The van der Waals surface area contributed by atoms with Gasteiger partial charge in [-0.05, 0) is 64.6 Å². The van der Waals surface area contributed by atoms with Crippen molar-refractivity contribution in [2.24, 2.45) is 17.8 Å². The number of aliphatic hydroxyl groups is 2. The molecule has 0 bridgehead atoms. The number of carbonyl (C=O) groups excluding carboxylic acids is 4. The minimum atomic E-state index is -1.77. The number of rotatable bonds is 20. The Morgan fingerprint density at radius 2 is 1.60 bits per heavy atom. The lowest BCUT2D eigenvalue weighted by Gasteiger charge is -2.41. The Kier molecular flexibility index (Phi) is 17.7. The molecule has 1 aromatic carbocycles. The molecule has 1 aliphatic rings. The summed E-state index contributed by atoms with van der Waals surface area (Å²) in [4.78, 5) is 60.3. The highest BCUT2D eigenvalue weighted by molar-refractivity contribution is 5.92. The monoisotopic (exact) mass is 733 g/mol. The van der Waals surface area contributed by atoms with Crippen LogP contribution in [0.4, 0.5) is 0 Å². The molecule has 52 heavy (non-hydrogen) atoms. The summed E-state index contributed by atoms with van der Waals surface area (Å²) < 4.78 is 11.9. The molecule has 1 fully saturated rings. The summed E-state index contributed by atoms with van der Waals surface area (Å²) in [5.41, 5.74) is 0.0100. The molecule has 1 aromatic rings. The highest BCUT2D eigenvalue weighted by Crippen LogP contribution is 2.30. The second-order valence-corrected chi connectivity index (χ2v) is 15.5. The molecular formula is C39H67N5O8. The van der Waals surface area contributed by atoms with Gasteiger partial charge in [-0.15, -0.1) is 0 Å². The van der Waals surface area contributed by atoms with E-state index in [9.17, 15) is 29.4 Å². The van der Waals surface area contributed by atoms with Crippen LogP contribution in [0.5, 0.6) is 0 Å². The zero-order valence-corrected chi connectivity index (χ0v) is 33.6. The number of hydrogen-bond acceptors (Lipinski definition) is 9. The fourth-order valence-electron chi connectivity index (χ4n) is 6.97. The van der Waals surface area contributed by atoms with Crippen LogP contribution >= 0.6 is 0 Å². The third-order valence-corrected chi connectivity index (χ3v) is 11.1. The molecular weight excluding hydrogens is 666 g/mol. The Balaban J connectivity index is 2.27. The van der Waals surface area contributed by atoms with Gasteiger partial charge in [0.05, 0.1) is 48.2 Å². The van der Waals surface area contributed by atoms with Crippen LogP contribution in [0.2, 0.25) is 0 Å². The summed E-state index contributed by atoms with van der Waals surface area (Å²) in [6.45, 7) is 13.6. The van der Waals surface area contributed by atoms with Crippen LogP contribution in [0.3, 0.4) is 0 Å². The summed E-state index contributed by atoms with van der Waals surface area (Å²) >= 11 is 0. The molecule has 4 amide bonds. The molecule has 8 atom stereocenters. The molecule has 0 saturated carbocycles. The average molecular weight is 734 g/mol. The first-order valence-corrected chi connectivity index (χ1v) is 18.6. The van der Waals surface area contributed by atoms with Crippen molar-refractivity contribution in [3.8, 4) is 0 Å². The first kappa shape index (κ1) is 45.1. The maximum absolute atomic E-state index is 14.1. The lowest BCUT2D eigenvalue weighted by atomic mass is 9.89. The van der Waals surface area contributed by atoms with Crippen molar-refractivity contribution in [2.75, 3.05) is 41.9 Å². The van der Waals surface area contributed by atoms with Gasteiger partial charge in [0.1, 0.15) is 6.04 Å². The number of likely N-dealkylation sites (tertiary alicyclic amines) is 1. The third-order valence-electron chi connectivity index (χ3n) is 11.1. The molecule has 1 aliphatic heterocycles. The molecule has 0 radical (unpaired) electrons. The molecule has 0 spiro atoms. The van der Waals surface area contributed by atoms with E-state index in [0.29, 0.717) is 13.0 Å². The number of aliphatic hydroxyl groups excluding tert-OH is 1. The van der Waals surface area contributed by atoms with E-state index in [0.717, 1.165) is 18.4 Å². The van der Waals surface area contributed by atoms with Crippen molar-refractivity contribution in [3.63, 3.8) is 0 Å². The number of nitrogens with one attached hydrogen (secondary N) is 2. The fraction of sp³-hybridized carbons (Fsp3) is 0.744. The van der Waals surface area contributed by atoms with Crippen LogP contribution < -0.4 is 10.6 Å². The molecule has 13 nitrogen and oxygen atoms in total. The Morgan fingerprint density at radius 1 is 0.981 bits per heavy atom. The van der Waals surface area contributed by atoms with Gasteiger partial charge in [-0.25, -0.2) is 0 Å². The van der Waals surface area contributed by atoms with E-state index >= 15 is 0 Å². The number of ether oxygens (including phenoxy) is 2. The van der Waals surface area contributed by atoms with E-state index in [-0.39, 0.29) is 42.4 Å². The van der Waals surface area contributed by atoms with Gasteiger partial charge in [0, 0.05) is 27.8 Å². The number of amides is 4. The van der Waals surface area contributed by atoms with E-state index in [4.69, 9.17) is 9.47 Å². The molecule has 2 rings (SSSR count). The summed E-state index contributed by atoms with van der Waals surface area (Å²) in [5, 5.41) is 25.9. The molecule has 13 heteroatoms. The lowest BCUT2D eigenvalue weighted by molar-refractivity contribution is -0.148. The molecule has 4 N–H and O–H groups in total. The lowest BCUT2D eigenvalue weighted by Crippen LogP contribution is -2.61. The van der Waals surface area contributed by atoms with Crippen molar-refractivity contribution in [1.82, 2.24) is 25.3 Å².